The van der Waals surface area contributed by atoms with Crippen LogP contribution in [0.2, 0.25) is 0 Å². The Bertz CT molecular complexity index is 824. The van der Waals surface area contributed by atoms with Gasteiger partial charge in [-0.25, -0.2) is 0 Å². The predicted molar refractivity (Wildman–Crippen MR) is 114 cm³/mol. The molecule has 4 heteroatoms. The smallest absolute Gasteiger partial charge is 0.171 e. The number of hydrogen-bond donors (Lipinski definition) is 1. The third kappa shape index (κ3) is 2.68. The molecule has 1 heterocycles. The number of aliphatic hydroxyl groups is 1. The van der Waals surface area contributed by atoms with Crippen molar-refractivity contribution in [2.24, 2.45) is 28.1 Å². The molecule has 1 spiro atoms. The molecule has 4 fully saturated rings. The maximum atomic E-state index is 12.7. The van der Waals surface area contributed by atoms with Crippen LogP contribution in [0.1, 0.15) is 78.6 Å². The Morgan fingerprint density at radius 1 is 1.17 bits per heavy atom. The minimum absolute atomic E-state index is 0.00421. The van der Waals surface area contributed by atoms with Crippen LogP contribution in [0.5, 0.6) is 0 Å². The Kier molecular flexibility index (Phi) is 4.45. The quantitative estimate of drug-likeness (QED) is 0.512. The van der Waals surface area contributed by atoms with Gasteiger partial charge < -0.3 is 14.6 Å². The van der Waals surface area contributed by atoms with E-state index in [1.54, 1.807) is 0 Å². The number of carbonyl (C=O) groups is 1. The lowest BCUT2D eigenvalue weighted by Gasteiger charge is -2.63. The standard InChI is InChI=1S/C26H36O4/c1-5-10-24-13-14-26(29-16-22(2,3)17-30-26)15-25(24,28)12-8-18-19-6-7-21(27)23(19,4)11-9-20(18)24/h1,9,18-19,28H,6-8,10-17H2,2-4H3/t18-,19-,23-,24+,25+/m0/s1. The molecular formula is C26H36O4. The molecule has 5 rings (SSSR count). The Morgan fingerprint density at radius 3 is 2.60 bits per heavy atom. The molecule has 1 N–H and O–H groups in total. The van der Waals surface area contributed by atoms with E-state index < -0.39 is 16.8 Å². The van der Waals surface area contributed by atoms with Crippen molar-refractivity contribution in [2.45, 2.75) is 89.9 Å². The van der Waals surface area contributed by atoms with Crippen LogP contribution < -0.4 is 0 Å². The van der Waals surface area contributed by atoms with E-state index in [9.17, 15) is 9.90 Å². The van der Waals surface area contributed by atoms with Gasteiger partial charge >= 0.3 is 0 Å². The van der Waals surface area contributed by atoms with Crippen molar-refractivity contribution >= 4 is 5.78 Å². The first-order valence-corrected chi connectivity index (χ1v) is 11.8. The summed E-state index contributed by atoms with van der Waals surface area (Å²) in [6.45, 7) is 7.77. The number of hydrogen-bond acceptors (Lipinski definition) is 4. The fourth-order valence-electron chi connectivity index (χ4n) is 7.59. The summed E-state index contributed by atoms with van der Waals surface area (Å²) in [5.74, 6) is 3.40. The van der Waals surface area contributed by atoms with Gasteiger partial charge in [0.25, 0.3) is 0 Å². The van der Waals surface area contributed by atoms with E-state index >= 15 is 0 Å². The van der Waals surface area contributed by atoms with E-state index in [1.165, 1.54) is 5.57 Å². The second-order valence-corrected chi connectivity index (χ2v) is 11.8. The molecule has 0 radical (unpaired) electrons. The summed E-state index contributed by atoms with van der Waals surface area (Å²) in [4.78, 5) is 12.7. The van der Waals surface area contributed by atoms with E-state index in [0.717, 1.165) is 32.1 Å². The second kappa shape index (κ2) is 6.44. The maximum Gasteiger partial charge on any atom is 0.171 e. The molecule has 4 aliphatic carbocycles. The highest BCUT2D eigenvalue weighted by Gasteiger charge is 2.66. The zero-order valence-corrected chi connectivity index (χ0v) is 18.8. The monoisotopic (exact) mass is 412 g/mol. The number of allylic oxidation sites excluding steroid dienone is 1. The highest BCUT2D eigenvalue weighted by Crippen LogP contribution is 2.67. The Labute approximate surface area is 180 Å². The maximum absolute atomic E-state index is 12.7. The van der Waals surface area contributed by atoms with Crippen LogP contribution in [0, 0.1) is 40.4 Å². The summed E-state index contributed by atoms with van der Waals surface area (Å²) in [5.41, 5.74) is -0.208. The van der Waals surface area contributed by atoms with E-state index in [2.05, 4.69) is 32.8 Å². The summed E-state index contributed by atoms with van der Waals surface area (Å²) in [5, 5.41) is 12.2. The van der Waals surface area contributed by atoms with Gasteiger partial charge in [-0.15, -0.1) is 12.3 Å². The minimum atomic E-state index is -0.919. The molecule has 1 saturated heterocycles. The van der Waals surface area contributed by atoms with Gasteiger partial charge in [0.05, 0.1) is 18.8 Å². The van der Waals surface area contributed by atoms with Gasteiger partial charge in [0.2, 0.25) is 0 Å². The molecule has 0 unspecified atom stereocenters. The van der Waals surface area contributed by atoms with Crippen molar-refractivity contribution in [2.75, 3.05) is 13.2 Å². The normalized spacial score (nSPS) is 46.4. The number of rotatable bonds is 1. The molecule has 3 saturated carbocycles. The molecular weight excluding hydrogens is 376 g/mol. The zero-order chi connectivity index (χ0) is 21.4. The Morgan fingerprint density at radius 2 is 1.90 bits per heavy atom. The van der Waals surface area contributed by atoms with Crippen molar-refractivity contribution in [3.05, 3.63) is 11.6 Å². The molecule has 0 bridgehead atoms. The number of fused-ring (bicyclic) bond motifs is 5. The number of carbonyl (C=O) groups excluding carboxylic acids is 1. The van der Waals surface area contributed by atoms with Crippen molar-refractivity contribution in [3.63, 3.8) is 0 Å². The highest BCUT2D eigenvalue weighted by atomic mass is 16.7. The van der Waals surface area contributed by atoms with Crippen molar-refractivity contribution < 1.29 is 19.4 Å². The van der Waals surface area contributed by atoms with E-state index in [1.807, 2.05) is 0 Å². The average Bonchev–Trinajstić information content (AvgIpc) is 3.00. The molecule has 0 aromatic rings. The molecule has 164 valence electrons. The summed E-state index contributed by atoms with van der Waals surface area (Å²) in [6, 6.07) is 0. The minimum Gasteiger partial charge on any atom is -0.389 e. The predicted octanol–water partition coefficient (Wildman–Crippen LogP) is 4.41. The summed E-state index contributed by atoms with van der Waals surface area (Å²) >= 11 is 0. The molecule has 0 aromatic heterocycles. The van der Waals surface area contributed by atoms with Crippen LogP contribution in [0.15, 0.2) is 11.6 Å². The topological polar surface area (TPSA) is 55.8 Å². The van der Waals surface area contributed by atoms with Crippen LogP contribution in [-0.2, 0) is 14.3 Å². The fourth-order valence-corrected chi connectivity index (χ4v) is 7.59. The van der Waals surface area contributed by atoms with E-state index in [0.29, 0.717) is 56.5 Å². The van der Waals surface area contributed by atoms with Crippen LogP contribution in [0.3, 0.4) is 0 Å². The summed E-state index contributed by atoms with van der Waals surface area (Å²) in [7, 11) is 0. The lowest BCUT2D eigenvalue weighted by Crippen LogP contribution is -2.65. The number of ketones is 1. The fraction of sp³-hybridized carbons (Fsp3) is 0.808. The van der Waals surface area contributed by atoms with Gasteiger partial charge in [0, 0.05) is 41.9 Å². The van der Waals surface area contributed by atoms with Gasteiger partial charge in [0.1, 0.15) is 5.78 Å². The van der Waals surface area contributed by atoms with Crippen LogP contribution in [-0.4, -0.2) is 35.5 Å². The van der Waals surface area contributed by atoms with Gasteiger partial charge in [-0.1, -0.05) is 32.4 Å². The number of terminal acetylenes is 1. The zero-order valence-electron chi connectivity index (χ0n) is 18.8. The summed E-state index contributed by atoms with van der Waals surface area (Å²) in [6.07, 6.45) is 14.9. The summed E-state index contributed by atoms with van der Waals surface area (Å²) < 4.78 is 12.6. The van der Waals surface area contributed by atoms with Crippen molar-refractivity contribution in [1.82, 2.24) is 0 Å². The molecule has 1 aliphatic heterocycles. The molecule has 5 aliphatic rings. The van der Waals surface area contributed by atoms with Gasteiger partial charge in [-0.05, 0) is 43.9 Å². The molecule has 5 atom stereocenters. The van der Waals surface area contributed by atoms with Crippen LogP contribution >= 0.6 is 0 Å². The first-order valence-electron chi connectivity index (χ1n) is 11.8. The van der Waals surface area contributed by atoms with E-state index in [4.69, 9.17) is 15.9 Å². The van der Waals surface area contributed by atoms with Crippen molar-refractivity contribution in [1.29, 1.82) is 0 Å². The average molecular weight is 413 g/mol. The number of Topliss-reactive ketones (excluding diaryl/α,β-unsaturated/α-hetero) is 1. The first-order chi connectivity index (χ1) is 14.1. The lowest BCUT2D eigenvalue weighted by atomic mass is 9.45. The van der Waals surface area contributed by atoms with Gasteiger partial charge in [0.15, 0.2) is 5.79 Å². The second-order valence-electron chi connectivity index (χ2n) is 11.8. The van der Waals surface area contributed by atoms with E-state index in [-0.39, 0.29) is 10.8 Å². The first kappa shape index (κ1) is 20.7. The van der Waals surface area contributed by atoms with Crippen molar-refractivity contribution in [3.8, 4) is 12.3 Å². The SMILES string of the molecule is C#CC[C@]12CCC3(C[C@]1(O)CC[C@@H]1C2=CC[C@]2(C)C(=O)CC[C@@H]12)OCC(C)(C)CO3. The van der Waals surface area contributed by atoms with Crippen LogP contribution in [0.4, 0.5) is 0 Å². The van der Waals surface area contributed by atoms with Crippen LogP contribution in [0.25, 0.3) is 0 Å². The third-order valence-electron chi connectivity index (χ3n) is 9.43. The Hall–Kier alpha value is -1.15. The molecule has 0 amide bonds. The highest BCUT2D eigenvalue weighted by molar-refractivity contribution is 5.87. The molecule has 4 nitrogen and oxygen atoms in total. The van der Waals surface area contributed by atoms with Gasteiger partial charge in [-0.2, -0.15) is 0 Å². The Balaban J connectivity index is 1.51. The molecule has 30 heavy (non-hydrogen) atoms. The molecule has 0 aromatic carbocycles. The lowest BCUT2D eigenvalue weighted by molar-refractivity contribution is -0.343. The van der Waals surface area contributed by atoms with Gasteiger partial charge in [-0.3, -0.25) is 4.79 Å². The third-order valence-corrected chi connectivity index (χ3v) is 9.43. The number of ether oxygens (including phenoxy) is 2. The largest absolute Gasteiger partial charge is 0.389 e.